The van der Waals surface area contributed by atoms with Crippen LogP contribution in [0.2, 0.25) is 0 Å². The van der Waals surface area contributed by atoms with Gasteiger partial charge in [-0.3, -0.25) is 4.79 Å². The van der Waals surface area contributed by atoms with Gasteiger partial charge in [0.2, 0.25) is 0 Å². The number of aromatic nitrogens is 1. The Morgan fingerprint density at radius 2 is 1.74 bits per heavy atom. The van der Waals surface area contributed by atoms with E-state index >= 15 is 0 Å². The summed E-state index contributed by atoms with van der Waals surface area (Å²) in [7, 11) is 0. The Labute approximate surface area is 196 Å². The molecule has 0 saturated carbocycles. The molecule has 184 valence electrons. The minimum absolute atomic E-state index is 0.188. The molecule has 0 saturated heterocycles. The van der Waals surface area contributed by atoms with Crippen LogP contribution in [0.5, 0.6) is 5.75 Å². The largest absolute Gasteiger partial charge is 0.573 e. The number of allylic oxidation sites excluding steroid dienone is 1. The number of nitrogens with zero attached hydrogens (tertiary/aromatic N) is 1. The highest BCUT2D eigenvalue weighted by Gasteiger charge is 2.33. The second-order valence-corrected chi connectivity index (χ2v) is 8.26. The van der Waals surface area contributed by atoms with Crippen molar-refractivity contribution in [1.82, 2.24) is 4.57 Å². The zero-order valence-electron chi connectivity index (χ0n) is 18.4. The number of ether oxygens (including phenoxy) is 1. The molecule has 1 N–H and O–H groups in total. The fourth-order valence-electron chi connectivity index (χ4n) is 3.95. The number of benzene rings is 2. The number of para-hydroxylation sites is 1. The molecule has 0 radical (unpaired) electrons. The zero-order chi connectivity index (χ0) is 25.4. The van der Waals surface area contributed by atoms with Gasteiger partial charge in [-0.15, -0.1) is 13.2 Å². The van der Waals surface area contributed by atoms with Crippen molar-refractivity contribution in [1.29, 1.82) is 0 Å². The van der Waals surface area contributed by atoms with Crippen molar-refractivity contribution in [3.63, 3.8) is 0 Å². The van der Waals surface area contributed by atoms with E-state index in [4.69, 9.17) is 0 Å². The molecule has 4 nitrogen and oxygen atoms in total. The third-order valence-corrected chi connectivity index (χ3v) is 5.58. The van der Waals surface area contributed by atoms with Crippen LogP contribution in [0.1, 0.15) is 39.7 Å². The highest BCUT2D eigenvalue weighted by Crippen LogP contribution is 2.34. The smallest absolute Gasteiger partial charge is 0.405 e. The van der Waals surface area contributed by atoms with E-state index in [1.165, 1.54) is 30.3 Å². The molecule has 1 aliphatic carbocycles. The van der Waals surface area contributed by atoms with Crippen LogP contribution in [0.15, 0.2) is 60.8 Å². The summed E-state index contributed by atoms with van der Waals surface area (Å²) in [5.74, 6) is -1.22. The van der Waals surface area contributed by atoms with Gasteiger partial charge in [0.1, 0.15) is 5.75 Å². The summed E-state index contributed by atoms with van der Waals surface area (Å²) in [6.07, 6.45) is -3.37. The number of hydrogen-bond donors (Lipinski definition) is 1. The minimum Gasteiger partial charge on any atom is -0.405 e. The molecular weight excluding hydrogens is 474 g/mol. The number of nitrogens with one attached hydrogen (secondary N) is 1. The normalized spacial score (nSPS) is 15.6. The van der Waals surface area contributed by atoms with Crippen LogP contribution in [0, 0.1) is 5.92 Å². The third-order valence-electron chi connectivity index (χ3n) is 5.58. The van der Waals surface area contributed by atoms with Crippen molar-refractivity contribution in [2.45, 2.75) is 32.4 Å². The van der Waals surface area contributed by atoms with E-state index in [9.17, 15) is 31.1 Å². The summed E-state index contributed by atoms with van der Waals surface area (Å²) < 4.78 is 82.7. The highest BCUT2D eigenvalue weighted by molar-refractivity contribution is 6.07. The van der Waals surface area contributed by atoms with Gasteiger partial charge in [0.05, 0.1) is 16.8 Å². The molecule has 1 unspecified atom stereocenters. The summed E-state index contributed by atoms with van der Waals surface area (Å²) >= 11 is 0. The Kier molecular flexibility index (Phi) is 6.40. The first-order valence-electron chi connectivity index (χ1n) is 10.6. The Balaban J connectivity index is 1.63. The fourth-order valence-corrected chi connectivity index (χ4v) is 3.95. The standard InChI is InChI=1S/C25H20F6N2O2/c1-15-6-11-18-20(32-23(34)19-4-2-3-5-22(19)35-25(29,30)31)14-33(21(18)12-15)13-16-7-9-17(10-8-16)24(26,27)28/h2-11,14-15H,12-13H2,1H3,(H,32,34). The first kappa shape index (κ1) is 24.4. The summed E-state index contributed by atoms with van der Waals surface area (Å²) in [6, 6.07) is 9.81. The number of anilines is 1. The lowest BCUT2D eigenvalue weighted by atomic mass is 9.95. The van der Waals surface area contributed by atoms with Crippen molar-refractivity contribution < 1.29 is 35.9 Å². The first-order chi connectivity index (χ1) is 16.4. The Morgan fingerprint density at radius 3 is 2.40 bits per heavy atom. The Hall–Kier alpha value is -3.69. The van der Waals surface area contributed by atoms with E-state index in [0.29, 0.717) is 23.2 Å². The number of rotatable bonds is 5. The molecule has 1 amide bonds. The summed E-state index contributed by atoms with van der Waals surface area (Å²) in [6.45, 7) is 2.25. The maximum atomic E-state index is 12.9. The lowest BCUT2D eigenvalue weighted by Crippen LogP contribution is -2.21. The van der Waals surface area contributed by atoms with Crippen molar-refractivity contribution >= 4 is 17.7 Å². The second-order valence-electron chi connectivity index (χ2n) is 8.26. The average Bonchev–Trinajstić information content (AvgIpc) is 3.08. The van der Waals surface area contributed by atoms with Crippen LogP contribution in [-0.4, -0.2) is 16.8 Å². The second kappa shape index (κ2) is 9.16. The van der Waals surface area contributed by atoms with E-state index in [1.54, 1.807) is 6.20 Å². The Morgan fingerprint density at radius 1 is 1.06 bits per heavy atom. The van der Waals surface area contributed by atoms with Crippen LogP contribution in [0.25, 0.3) is 6.08 Å². The molecule has 0 bridgehead atoms. The van der Waals surface area contributed by atoms with E-state index in [0.717, 1.165) is 23.9 Å². The average molecular weight is 494 g/mol. The van der Waals surface area contributed by atoms with Gasteiger partial charge < -0.3 is 14.6 Å². The number of amides is 1. The molecule has 0 fully saturated rings. The van der Waals surface area contributed by atoms with E-state index in [1.807, 2.05) is 23.6 Å². The number of halogens is 6. The lowest BCUT2D eigenvalue weighted by Gasteiger charge is -2.17. The SMILES string of the molecule is CC1C=Cc2c(NC(=O)c3ccccc3OC(F)(F)F)cn(Cc3ccc(C(F)(F)F)cc3)c2C1. The van der Waals surface area contributed by atoms with Gasteiger partial charge >= 0.3 is 12.5 Å². The zero-order valence-corrected chi connectivity index (χ0v) is 18.4. The quantitative estimate of drug-likeness (QED) is 0.392. The predicted octanol–water partition coefficient (Wildman–Crippen LogP) is 6.91. The molecule has 3 aromatic rings. The molecule has 0 spiro atoms. The number of carbonyl (C=O) groups excluding carboxylic acids is 1. The summed E-state index contributed by atoms with van der Waals surface area (Å²) in [4.78, 5) is 12.9. The molecule has 2 aromatic carbocycles. The molecule has 0 aliphatic heterocycles. The van der Waals surface area contributed by atoms with Crippen LogP contribution in [0.3, 0.4) is 0 Å². The summed E-state index contributed by atoms with van der Waals surface area (Å²) in [5.41, 5.74) is 1.51. The number of hydrogen-bond acceptors (Lipinski definition) is 2. The fraction of sp³-hybridized carbons (Fsp3) is 0.240. The van der Waals surface area contributed by atoms with Crippen molar-refractivity contribution in [2.24, 2.45) is 5.92 Å². The van der Waals surface area contributed by atoms with Gasteiger partial charge in [0, 0.05) is 24.0 Å². The van der Waals surface area contributed by atoms with Gasteiger partial charge in [-0.1, -0.05) is 43.3 Å². The van der Waals surface area contributed by atoms with Crippen molar-refractivity contribution in [2.75, 3.05) is 5.32 Å². The van der Waals surface area contributed by atoms with Crippen molar-refractivity contribution in [3.05, 3.63) is 88.8 Å². The predicted molar refractivity (Wildman–Crippen MR) is 118 cm³/mol. The van der Waals surface area contributed by atoms with Crippen LogP contribution < -0.4 is 10.1 Å². The van der Waals surface area contributed by atoms with Gasteiger partial charge in [-0.2, -0.15) is 13.2 Å². The number of fused-ring (bicyclic) bond motifs is 1. The third kappa shape index (κ3) is 5.70. The van der Waals surface area contributed by atoms with E-state index in [-0.39, 0.29) is 18.0 Å². The van der Waals surface area contributed by atoms with Crippen LogP contribution in [0.4, 0.5) is 32.0 Å². The maximum Gasteiger partial charge on any atom is 0.573 e. The molecular formula is C25H20F6N2O2. The van der Waals surface area contributed by atoms with Crippen LogP contribution in [-0.2, 0) is 19.1 Å². The van der Waals surface area contributed by atoms with Gasteiger partial charge in [-0.25, -0.2) is 0 Å². The van der Waals surface area contributed by atoms with Gasteiger partial charge in [0.15, 0.2) is 0 Å². The van der Waals surface area contributed by atoms with E-state index < -0.39 is 29.8 Å². The summed E-state index contributed by atoms with van der Waals surface area (Å²) in [5, 5.41) is 2.66. The number of carbonyl (C=O) groups is 1. The van der Waals surface area contributed by atoms with Crippen LogP contribution >= 0.6 is 0 Å². The minimum atomic E-state index is -4.96. The monoisotopic (exact) mass is 494 g/mol. The van der Waals surface area contributed by atoms with E-state index in [2.05, 4.69) is 10.1 Å². The Bertz CT molecular complexity index is 1260. The topological polar surface area (TPSA) is 43.3 Å². The number of alkyl halides is 6. The molecule has 1 heterocycles. The molecule has 1 aromatic heterocycles. The molecule has 4 rings (SSSR count). The highest BCUT2D eigenvalue weighted by atomic mass is 19.4. The van der Waals surface area contributed by atoms with Gasteiger partial charge in [-0.05, 0) is 42.2 Å². The lowest BCUT2D eigenvalue weighted by molar-refractivity contribution is -0.274. The maximum absolute atomic E-state index is 12.9. The van der Waals surface area contributed by atoms with Gasteiger partial charge in [0.25, 0.3) is 5.91 Å². The first-order valence-corrected chi connectivity index (χ1v) is 10.6. The molecule has 1 aliphatic rings. The van der Waals surface area contributed by atoms with Crippen molar-refractivity contribution in [3.8, 4) is 5.75 Å². The molecule has 1 atom stereocenters. The molecule has 10 heteroatoms. The molecule has 35 heavy (non-hydrogen) atoms.